The average Bonchev–Trinajstić information content (AvgIpc) is 2.70. The van der Waals surface area contributed by atoms with Gasteiger partial charge in [-0.15, -0.1) is 0 Å². The molecule has 0 aliphatic heterocycles. The molecule has 5 nitrogen and oxygen atoms in total. The minimum Gasteiger partial charge on any atom is -0.278 e. The smallest absolute Gasteiger partial charge is 0.278 e. The summed E-state index contributed by atoms with van der Waals surface area (Å²) in [7, 11) is 0. The fraction of sp³-hybridized carbons (Fsp3) is 0.0833. The number of rotatable bonds is 3. The normalized spacial score (nSPS) is 10.7. The molecule has 0 spiro atoms. The molecule has 92 valence electrons. The maximum absolute atomic E-state index is 11.8. The van der Waals surface area contributed by atoms with Gasteiger partial charge in [0.1, 0.15) is 10.6 Å². The van der Waals surface area contributed by atoms with Crippen LogP contribution in [-0.2, 0) is 0 Å². The molecule has 0 saturated heterocycles. The van der Waals surface area contributed by atoms with Crippen LogP contribution in [0.5, 0.6) is 0 Å². The number of nitrogens with two attached hydrogens (primary N) is 1. The van der Waals surface area contributed by atoms with E-state index in [1.165, 1.54) is 11.3 Å². The minimum absolute atomic E-state index is 0.266. The van der Waals surface area contributed by atoms with E-state index in [-0.39, 0.29) is 5.91 Å². The number of hydrazone groups is 1. The summed E-state index contributed by atoms with van der Waals surface area (Å²) in [5.74, 6) is -0.266. The molecule has 1 amide bonds. The zero-order chi connectivity index (χ0) is 13.0. The number of nitrogen functional groups attached to an aromatic ring is 1. The van der Waals surface area contributed by atoms with Gasteiger partial charge in [-0.2, -0.15) is 5.10 Å². The molecule has 4 N–H and O–H groups in total. The first-order chi connectivity index (χ1) is 8.66. The van der Waals surface area contributed by atoms with Crippen LogP contribution in [0.3, 0.4) is 0 Å². The van der Waals surface area contributed by atoms with E-state index in [2.05, 4.69) is 15.5 Å². The van der Waals surface area contributed by atoms with E-state index < -0.39 is 0 Å². The monoisotopic (exact) mass is 261 g/mol. The number of carbonyl (C=O) groups is 1. The number of nitrogens with one attached hydrogen (secondary N) is 2. The Morgan fingerprint density at radius 2 is 2.17 bits per heavy atom. The Morgan fingerprint density at radius 1 is 1.44 bits per heavy atom. The number of benzene rings is 1. The average molecular weight is 261 g/mol. The lowest BCUT2D eigenvalue weighted by atomic mass is 10.2. The number of aromatic amines is 1. The van der Waals surface area contributed by atoms with Crippen molar-refractivity contribution >= 4 is 28.6 Å². The number of anilines is 1. The van der Waals surface area contributed by atoms with Crippen LogP contribution < -0.4 is 16.1 Å². The van der Waals surface area contributed by atoms with Crippen LogP contribution in [0.15, 0.2) is 35.4 Å². The summed E-state index contributed by atoms with van der Waals surface area (Å²) in [4.78, 5) is 15.2. The van der Waals surface area contributed by atoms with Gasteiger partial charge in [0.05, 0.1) is 6.21 Å². The van der Waals surface area contributed by atoms with Crippen molar-refractivity contribution in [3.8, 4) is 0 Å². The first kappa shape index (κ1) is 12.3. The summed E-state index contributed by atoms with van der Waals surface area (Å²) in [6.45, 7) is 1.79. The van der Waals surface area contributed by atoms with Gasteiger partial charge in [-0.3, -0.25) is 10.5 Å². The Bertz CT molecular complexity index is 577. The lowest BCUT2D eigenvalue weighted by molar-refractivity contribution is -0.363. The predicted molar refractivity (Wildman–Crippen MR) is 71.5 cm³/mol. The highest BCUT2D eigenvalue weighted by Crippen LogP contribution is 2.14. The van der Waals surface area contributed by atoms with E-state index in [1.807, 2.05) is 30.3 Å². The van der Waals surface area contributed by atoms with E-state index in [0.717, 1.165) is 11.3 Å². The third-order valence-electron chi connectivity index (χ3n) is 2.25. The van der Waals surface area contributed by atoms with Crippen molar-refractivity contribution in [3.05, 3.63) is 46.5 Å². The second kappa shape index (κ2) is 5.42. The fourth-order valence-corrected chi connectivity index (χ4v) is 2.19. The van der Waals surface area contributed by atoms with Gasteiger partial charge in [0.15, 0.2) is 0 Å². The van der Waals surface area contributed by atoms with Crippen LogP contribution in [-0.4, -0.2) is 12.1 Å². The van der Waals surface area contributed by atoms with Gasteiger partial charge < -0.3 is 0 Å². The second-order valence-corrected chi connectivity index (χ2v) is 4.71. The maximum atomic E-state index is 11.8. The molecule has 0 saturated carbocycles. The van der Waals surface area contributed by atoms with Gasteiger partial charge >= 0.3 is 5.13 Å². The molecule has 2 aromatic rings. The summed E-state index contributed by atoms with van der Waals surface area (Å²) < 4.78 is 0. The van der Waals surface area contributed by atoms with Crippen LogP contribution in [0.1, 0.15) is 20.9 Å². The van der Waals surface area contributed by atoms with E-state index in [0.29, 0.717) is 10.0 Å². The zero-order valence-electron chi connectivity index (χ0n) is 9.81. The standard InChI is InChI=1S/C12H12N4OS/c1-8-10(18-12(13)15-8)11(17)16-14-7-9-5-3-2-4-6-9/h2-7H,1H3,(H2,13,15)(H,16,17)/p+1. The van der Waals surface area contributed by atoms with Gasteiger partial charge in [-0.1, -0.05) is 30.3 Å². The number of aromatic nitrogens is 1. The van der Waals surface area contributed by atoms with Crippen LogP contribution in [0.4, 0.5) is 5.13 Å². The first-order valence-electron chi connectivity index (χ1n) is 5.33. The van der Waals surface area contributed by atoms with Crippen molar-refractivity contribution in [2.45, 2.75) is 6.92 Å². The van der Waals surface area contributed by atoms with Gasteiger partial charge in [-0.25, -0.2) is 10.4 Å². The molecule has 1 heterocycles. The number of hydrogen-bond donors (Lipinski definition) is 2. The van der Waals surface area contributed by atoms with E-state index in [9.17, 15) is 4.79 Å². The van der Waals surface area contributed by atoms with Gasteiger partial charge in [0, 0.05) is 0 Å². The molecule has 0 bridgehead atoms. The Morgan fingerprint density at radius 3 is 2.78 bits per heavy atom. The van der Waals surface area contributed by atoms with E-state index in [4.69, 9.17) is 5.73 Å². The second-order valence-electron chi connectivity index (χ2n) is 3.66. The van der Waals surface area contributed by atoms with Crippen molar-refractivity contribution in [3.63, 3.8) is 0 Å². The minimum atomic E-state index is -0.266. The number of hydrogen-bond acceptors (Lipinski definition) is 4. The number of amides is 1. The van der Waals surface area contributed by atoms with Gasteiger partial charge in [-0.05, 0) is 23.8 Å². The molecular weight excluding hydrogens is 248 g/mol. The third-order valence-corrected chi connectivity index (χ3v) is 3.27. The fourth-order valence-electron chi connectivity index (χ4n) is 1.43. The molecule has 6 heteroatoms. The molecule has 0 atom stereocenters. The van der Waals surface area contributed by atoms with Crippen molar-refractivity contribution in [1.29, 1.82) is 0 Å². The lowest BCUT2D eigenvalue weighted by Gasteiger charge is -1.95. The summed E-state index contributed by atoms with van der Waals surface area (Å²) in [6, 6.07) is 9.53. The van der Waals surface area contributed by atoms with Crippen LogP contribution in [0, 0.1) is 6.92 Å². The number of aryl methyl sites for hydroxylation is 1. The summed E-state index contributed by atoms with van der Waals surface area (Å²) in [5, 5.41) is 4.40. The molecular formula is C12H13N4OS+. The Kier molecular flexibility index (Phi) is 3.69. The Balaban J connectivity index is 2.01. The first-order valence-corrected chi connectivity index (χ1v) is 6.15. The Labute approximate surface area is 108 Å². The van der Waals surface area contributed by atoms with Gasteiger partial charge in [0.2, 0.25) is 0 Å². The van der Waals surface area contributed by atoms with E-state index in [1.54, 1.807) is 13.1 Å². The topological polar surface area (TPSA) is 81.6 Å². The lowest BCUT2D eigenvalue weighted by Crippen LogP contribution is -2.19. The molecule has 0 fully saturated rings. The van der Waals surface area contributed by atoms with Gasteiger partial charge in [0.25, 0.3) is 5.91 Å². The molecule has 0 unspecified atom stereocenters. The number of thiazole rings is 1. The van der Waals surface area contributed by atoms with Crippen molar-refractivity contribution < 1.29 is 9.78 Å². The van der Waals surface area contributed by atoms with Crippen molar-refractivity contribution in [2.24, 2.45) is 5.10 Å². The molecule has 0 aliphatic carbocycles. The van der Waals surface area contributed by atoms with E-state index >= 15 is 0 Å². The number of H-pyrrole nitrogens is 1. The van der Waals surface area contributed by atoms with Crippen LogP contribution in [0.25, 0.3) is 0 Å². The van der Waals surface area contributed by atoms with Crippen LogP contribution in [0.2, 0.25) is 0 Å². The SMILES string of the molecule is Cc1[nH+]c(N)sc1C(=O)NN=Cc1ccccc1. The highest BCUT2D eigenvalue weighted by molar-refractivity contribution is 7.16. The highest BCUT2D eigenvalue weighted by Gasteiger charge is 2.16. The quantitative estimate of drug-likeness (QED) is 0.643. The third kappa shape index (κ3) is 2.92. The summed E-state index contributed by atoms with van der Waals surface area (Å²) in [5.41, 5.74) is 9.71. The highest BCUT2D eigenvalue weighted by atomic mass is 32.1. The zero-order valence-corrected chi connectivity index (χ0v) is 10.6. The largest absolute Gasteiger partial charge is 0.330 e. The molecule has 2 rings (SSSR count). The Hall–Kier alpha value is -2.21. The molecule has 1 aromatic heterocycles. The number of nitrogens with zero attached hydrogens (tertiary/aromatic N) is 1. The molecule has 18 heavy (non-hydrogen) atoms. The molecule has 0 radical (unpaired) electrons. The van der Waals surface area contributed by atoms with Crippen LogP contribution >= 0.6 is 11.3 Å². The summed E-state index contributed by atoms with van der Waals surface area (Å²) >= 11 is 1.21. The maximum Gasteiger partial charge on any atom is 0.330 e. The van der Waals surface area contributed by atoms with Crippen molar-refractivity contribution in [1.82, 2.24) is 5.43 Å². The molecule has 0 aliphatic rings. The number of carbonyl (C=O) groups excluding carboxylic acids is 1. The summed E-state index contributed by atoms with van der Waals surface area (Å²) in [6.07, 6.45) is 1.59. The molecule has 1 aromatic carbocycles. The predicted octanol–water partition coefficient (Wildman–Crippen LogP) is 1.22. The van der Waals surface area contributed by atoms with Crippen molar-refractivity contribution in [2.75, 3.05) is 5.73 Å².